The van der Waals surface area contributed by atoms with Gasteiger partial charge in [-0.15, -0.1) is 0 Å². The van der Waals surface area contributed by atoms with Crippen LogP contribution in [0.2, 0.25) is 0 Å². The molecule has 0 N–H and O–H groups in total. The number of hydrogen-bond donors (Lipinski definition) is 0. The third-order valence-corrected chi connectivity index (χ3v) is 6.46. The standard InChI is InChI=1S/C29H23N2O/c1-18-10-12-20(13-11-18)21-14-16-31(3)25(17-21)26-19(2)22-7-4-5-8-23(22)27-24-9-6-15-30-29(24)32-28(26)27/h4-17H,1-3H3/q+1. The monoisotopic (exact) mass is 415 g/mol. The van der Waals surface area contributed by atoms with E-state index in [9.17, 15) is 0 Å². The highest BCUT2D eigenvalue weighted by Gasteiger charge is 2.24. The zero-order chi connectivity index (χ0) is 21.8. The number of pyridine rings is 2. The van der Waals surface area contributed by atoms with E-state index < -0.39 is 0 Å². The molecule has 0 aliphatic carbocycles. The number of aryl methyl sites for hydroxylation is 3. The molecule has 0 bridgehead atoms. The number of hydrogen-bond acceptors (Lipinski definition) is 2. The van der Waals surface area contributed by atoms with Crippen LogP contribution in [0.25, 0.3) is 55.2 Å². The van der Waals surface area contributed by atoms with Crippen LogP contribution in [0.15, 0.2) is 89.6 Å². The van der Waals surface area contributed by atoms with Crippen LogP contribution in [0.3, 0.4) is 0 Å². The van der Waals surface area contributed by atoms with Gasteiger partial charge in [0.15, 0.2) is 11.8 Å². The van der Waals surface area contributed by atoms with Crippen LogP contribution >= 0.6 is 0 Å². The van der Waals surface area contributed by atoms with Gasteiger partial charge in [0, 0.05) is 29.1 Å². The lowest BCUT2D eigenvalue weighted by atomic mass is 9.92. The fraction of sp³-hybridized carbons (Fsp3) is 0.103. The second-order valence-electron chi connectivity index (χ2n) is 8.49. The first kappa shape index (κ1) is 18.8. The average Bonchev–Trinajstić information content (AvgIpc) is 3.20. The van der Waals surface area contributed by atoms with Gasteiger partial charge in [0.2, 0.25) is 11.4 Å². The van der Waals surface area contributed by atoms with Crippen LogP contribution in [-0.4, -0.2) is 4.98 Å². The zero-order valence-electron chi connectivity index (χ0n) is 18.4. The fourth-order valence-electron chi connectivity index (χ4n) is 4.76. The summed E-state index contributed by atoms with van der Waals surface area (Å²) in [5.74, 6) is 0. The minimum atomic E-state index is 0.678. The lowest BCUT2D eigenvalue weighted by molar-refractivity contribution is -0.660. The Morgan fingerprint density at radius 2 is 1.53 bits per heavy atom. The molecule has 0 unspecified atom stereocenters. The predicted octanol–water partition coefficient (Wildman–Crippen LogP) is 6.91. The molecule has 6 aromatic rings. The van der Waals surface area contributed by atoms with Crippen LogP contribution in [-0.2, 0) is 7.05 Å². The molecule has 3 heterocycles. The molecule has 3 aromatic carbocycles. The van der Waals surface area contributed by atoms with E-state index in [0.29, 0.717) is 5.71 Å². The van der Waals surface area contributed by atoms with Crippen LogP contribution in [0.1, 0.15) is 11.1 Å². The van der Waals surface area contributed by atoms with Crippen molar-refractivity contribution in [2.45, 2.75) is 13.8 Å². The molecule has 3 heteroatoms. The van der Waals surface area contributed by atoms with Crippen molar-refractivity contribution in [3.63, 3.8) is 0 Å². The van der Waals surface area contributed by atoms with Crippen LogP contribution in [0, 0.1) is 13.8 Å². The summed E-state index contributed by atoms with van der Waals surface area (Å²) in [5, 5.41) is 4.62. The van der Waals surface area contributed by atoms with E-state index >= 15 is 0 Å². The molecule has 0 atom stereocenters. The van der Waals surface area contributed by atoms with Gasteiger partial charge in [0.25, 0.3) is 0 Å². The van der Waals surface area contributed by atoms with Gasteiger partial charge in [-0.05, 0) is 53.4 Å². The third kappa shape index (κ3) is 2.75. The van der Waals surface area contributed by atoms with Crippen molar-refractivity contribution in [1.82, 2.24) is 4.98 Å². The second-order valence-corrected chi connectivity index (χ2v) is 8.49. The molecule has 3 aromatic heterocycles. The molecule has 0 aliphatic heterocycles. The minimum Gasteiger partial charge on any atom is -0.437 e. The first-order valence-electron chi connectivity index (χ1n) is 10.9. The molecular weight excluding hydrogens is 392 g/mol. The van der Waals surface area contributed by atoms with Crippen molar-refractivity contribution in [1.29, 1.82) is 0 Å². The van der Waals surface area contributed by atoms with E-state index in [0.717, 1.165) is 27.6 Å². The van der Waals surface area contributed by atoms with Gasteiger partial charge in [-0.1, -0.05) is 54.1 Å². The molecule has 0 amide bonds. The molecule has 0 aliphatic rings. The van der Waals surface area contributed by atoms with Crippen molar-refractivity contribution in [2.75, 3.05) is 0 Å². The fourth-order valence-corrected chi connectivity index (χ4v) is 4.76. The summed E-state index contributed by atoms with van der Waals surface area (Å²) in [4.78, 5) is 4.51. The van der Waals surface area contributed by atoms with Crippen molar-refractivity contribution in [3.05, 3.63) is 96.3 Å². The quantitative estimate of drug-likeness (QED) is 0.288. The largest absolute Gasteiger partial charge is 0.437 e. The highest BCUT2D eigenvalue weighted by Crippen LogP contribution is 2.42. The van der Waals surface area contributed by atoms with Gasteiger partial charge in [-0.3, -0.25) is 0 Å². The third-order valence-electron chi connectivity index (χ3n) is 6.46. The SMILES string of the molecule is Cc1ccc(-c2cc[n+](C)c(-c3c(C)c4ccccc4c4c3oc3ncccc34)c2)cc1. The van der Waals surface area contributed by atoms with Gasteiger partial charge >= 0.3 is 0 Å². The van der Waals surface area contributed by atoms with E-state index in [1.807, 2.05) is 6.07 Å². The molecule has 154 valence electrons. The molecule has 0 saturated heterocycles. The van der Waals surface area contributed by atoms with Gasteiger partial charge in [-0.25, -0.2) is 9.55 Å². The minimum absolute atomic E-state index is 0.678. The van der Waals surface area contributed by atoms with E-state index in [1.165, 1.54) is 33.0 Å². The number of benzene rings is 3. The Hall–Kier alpha value is -3.98. The highest BCUT2D eigenvalue weighted by molar-refractivity contribution is 6.22. The van der Waals surface area contributed by atoms with Gasteiger partial charge in [-0.2, -0.15) is 0 Å². The molecule has 6 rings (SSSR count). The Labute approximate surface area is 186 Å². The Morgan fingerprint density at radius 1 is 0.781 bits per heavy atom. The van der Waals surface area contributed by atoms with Gasteiger partial charge in [0.05, 0.1) is 5.56 Å². The molecule has 0 radical (unpaired) electrons. The van der Waals surface area contributed by atoms with Crippen LogP contribution < -0.4 is 4.57 Å². The maximum absolute atomic E-state index is 6.42. The molecular formula is C29H23N2O+. The smallest absolute Gasteiger partial charge is 0.227 e. The maximum atomic E-state index is 6.42. The highest BCUT2D eigenvalue weighted by atomic mass is 16.3. The predicted molar refractivity (Wildman–Crippen MR) is 131 cm³/mol. The van der Waals surface area contributed by atoms with Crippen LogP contribution in [0.5, 0.6) is 0 Å². The number of fused-ring (bicyclic) bond motifs is 5. The van der Waals surface area contributed by atoms with Crippen LogP contribution in [0.4, 0.5) is 0 Å². The van der Waals surface area contributed by atoms with Crippen molar-refractivity contribution >= 4 is 32.8 Å². The zero-order valence-corrected chi connectivity index (χ0v) is 18.4. The summed E-state index contributed by atoms with van der Waals surface area (Å²) < 4.78 is 8.59. The van der Waals surface area contributed by atoms with Crippen molar-refractivity contribution in [2.24, 2.45) is 7.05 Å². The van der Waals surface area contributed by atoms with Crippen molar-refractivity contribution in [3.8, 4) is 22.4 Å². The Balaban J connectivity index is 1.74. The van der Waals surface area contributed by atoms with Crippen molar-refractivity contribution < 1.29 is 8.98 Å². The number of nitrogens with zero attached hydrogens (tertiary/aromatic N) is 2. The summed E-state index contributed by atoms with van der Waals surface area (Å²) in [6, 6.07) is 25.8. The normalized spacial score (nSPS) is 11.6. The summed E-state index contributed by atoms with van der Waals surface area (Å²) in [7, 11) is 2.09. The molecule has 0 fully saturated rings. The topological polar surface area (TPSA) is 29.9 Å². The molecule has 32 heavy (non-hydrogen) atoms. The number of aromatic nitrogens is 2. The maximum Gasteiger partial charge on any atom is 0.227 e. The Bertz CT molecular complexity index is 1640. The molecule has 0 saturated carbocycles. The molecule has 0 spiro atoms. The summed E-state index contributed by atoms with van der Waals surface area (Å²) in [5.41, 5.74) is 8.68. The molecule has 3 nitrogen and oxygen atoms in total. The van der Waals surface area contributed by atoms with Gasteiger partial charge in [0.1, 0.15) is 7.05 Å². The lowest BCUT2D eigenvalue weighted by Gasteiger charge is -2.11. The Morgan fingerprint density at radius 3 is 2.34 bits per heavy atom. The van der Waals surface area contributed by atoms with E-state index in [1.54, 1.807) is 6.20 Å². The summed E-state index contributed by atoms with van der Waals surface area (Å²) in [6.07, 6.45) is 3.92. The summed E-state index contributed by atoms with van der Waals surface area (Å²) in [6.45, 7) is 4.31. The summed E-state index contributed by atoms with van der Waals surface area (Å²) >= 11 is 0. The number of rotatable bonds is 2. The number of furan rings is 1. The van der Waals surface area contributed by atoms with Gasteiger partial charge < -0.3 is 4.42 Å². The Kier molecular flexibility index (Phi) is 4.12. The second kappa shape index (κ2) is 7.03. The first-order chi connectivity index (χ1) is 15.6. The van der Waals surface area contributed by atoms with E-state index in [-0.39, 0.29) is 0 Å². The van der Waals surface area contributed by atoms with E-state index in [4.69, 9.17) is 4.42 Å². The van der Waals surface area contributed by atoms with E-state index in [2.05, 4.69) is 103 Å². The average molecular weight is 416 g/mol. The lowest BCUT2D eigenvalue weighted by Crippen LogP contribution is -2.30. The first-order valence-corrected chi connectivity index (χ1v) is 10.9.